The number of hydrogen-bond donors (Lipinski definition) is 2. The van der Waals surface area contributed by atoms with Gasteiger partial charge in [-0.1, -0.05) is 13.3 Å². The first-order valence-corrected chi connectivity index (χ1v) is 7.86. The Labute approximate surface area is 137 Å². The molecule has 0 saturated carbocycles. The summed E-state index contributed by atoms with van der Waals surface area (Å²) in [7, 11) is 0. The van der Waals surface area contributed by atoms with E-state index < -0.39 is 0 Å². The highest BCUT2D eigenvalue weighted by Crippen LogP contribution is 2.21. The Balaban J connectivity index is 3.13. The molecule has 1 aromatic rings. The first-order chi connectivity index (χ1) is 10.9. The molecule has 6 nitrogen and oxygen atoms in total. The van der Waals surface area contributed by atoms with Crippen molar-refractivity contribution in [3.05, 3.63) is 23.8 Å². The molecular formula is C17H25N3O3. The van der Waals surface area contributed by atoms with E-state index in [9.17, 15) is 14.4 Å². The van der Waals surface area contributed by atoms with Crippen LogP contribution in [0.3, 0.4) is 0 Å². The van der Waals surface area contributed by atoms with Crippen molar-refractivity contribution in [2.24, 2.45) is 0 Å². The number of rotatable bonds is 7. The number of carbonyl (C=O) groups is 3. The van der Waals surface area contributed by atoms with E-state index in [1.165, 1.54) is 13.8 Å². The van der Waals surface area contributed by atoms with Crippen LogP contribution in [0.2, 0.25) is 0 Å². The van der Waals surface area contributed by atoms with Gasteiger partial charge in [0, 0.05) is 43.9 Å². The lowest BCUT2D eigenvalue weighted by atomic mass is 10.1. The Morgan fingerprint density at radius 1 is 0.957 bits per heavy atom. The predicted octanol–water partition coefficient (Wildman–Crippen LogP) is 2.87. The minimum atomic E-state index is -0.235. The van der Waals surface area contributed by atoms with Crippen LogP contribution in [0.15, 0.2) is 18.2 Å². The summed E-state index contributed by atoms with van der Waals surface area (Å²) >= 11 is 0. The van der Waals surface area contributed by atoms with Gasteiger partial charge in [-0.15, -0.1) is 0 Å². The third-order valence-corrected chi connectivity index (χ3v) is 3.27. The third kappa shape index (κ3) is 6.10. The fraction of sp³-hybridized carbons (Fsp3) is 0.471. The van der Waals surface area contributed by atoms with E-state index in [-0.39, 0.29) is 17.7 Å². The summed E-state index contributed by atoms with van der Waals surface area (Å²) in [5, 5.41) is 5.31. The lowest BCUT2D eigenvalue weighted by molar-refractivity contribution is -0.115. The highest BCUT2D eigenvalue weighted by atomic mass is 16.2. The summed E-state index contributed by atoms with van der Waals surface area (Å²) in [6.45, 7) is 8.09. The third-order valence-electron chi connectivity index (χ3n) is 3.27. The molecule has 6 heteroatoms. The standard InChI is InChI=1S/C17H25N3O3/c1-5-7-8-20(6-2)17(23)14-9-15(18-12(3)21)11-16(10-14)19-13(4)22/h9-11H,5-8H2,1-4H3,(H,18,21)(H,19,22). The first-order valence-electron chi connectivity index (χ1n) is 7.86. The second-order valence-corrected chi connectivity index (χ2v) is 5.40. The molecule has 0 aliphatic heterocycles. The van der Waals surface area contributed by atoms with Gasteiger partial charge in [-0.3, -0.25) is 14.4 Å². The molecule has 0 bridgehead atoms. The van der Waals surface area contributed by atoms with Crippen LogP contribution in [-0.2, 0) is 9.59 Å². The number of anilines is 2. The zero-order valence-electron chi connectivity index (χ0n) is 14.2. The number of carbonyl (C=O) groups excluding carboxylic acids is 3. The van der Waals surface area contributed by atoms with Crippen molar-refractivity contribution in [1.82, 2.24) is 4.90 Å². The maximum absolute atomic E-state index is 12.7. The van der Waals surface area contributed by atoms with E-state index in [0.29, 0.717) is 30.0 Å². The molecule has 0 aliphatic rings. The Morgan fingerprint density at radius 3 is 1.87 bits per heavy atom. The number of unbranched alkanes of at least 4 members (excludes halogenated alkanes) is 1. The number of hydrogen-bond acceptors (Lipinski definition) is 3. The van der Waals surface area contributed by atoms with Gasteiger partial charge < -0.3 is 15.5 Å². The SMILES string of the molecule is CCCCN(CC)C(=O)c1cc(NC(C)=O)cc(NC(C)=O)c1. The number of nitrogens with one attached hydrogen (secondary N) is 2. The van der Waals surface area contributed by atoms with Gasteiger partial charge in [-0.05, 0) is 31.5 Å². The Hall–Kier alpha value is -2.37. The molecule has 0 saturated heterocycles. The van der Waals surface area contributed by atoms with Crippen molar-refractivity contribution in [2.75, 3.05) is 23.7 Å². The predicted molar refractivity (Wildman–Crippen MR) is 91.5 cm³/mol. The normalized spacial score (nSPS) is 10.1. The molecule has 126 valence electrons. The van der Waals surface area contributed by atoms with Crippen LogP contribution < -0.4 is 10.6 Å². The maximum Gasteiger partial charge on any atom is 0.253 e. The largest absolute Gasteiger partial charge is 0.339 e. The van der Waals surface area contributed by atoms with Crippen LogP contribution in [0, 0.1) is 0 Å². The Bertz CT molecular complexity index is 550. The summed E-state index contributed by atoms with van der Waals surface area (Å²) < 4.78 is 0. The van der Waals surface area contributed by atoms with Crippen LogP contribution in [-0.4, -0.2) is 35.7 Å². The maximum atomic E-state index is 12.7. The molecule has 1 rings (SSSR count). The van der Waals surface area contributed by atoms with Gasteiger partial charge in [0.1, 0.15) is 0 Å². The number of benzene rings is 1. The van der Waals surface area contributed by atoms with Crippen LogP contribution in [0.25, 0.3) is 0 Å². The summed E-state index contributed by atoms with van der Waals surface area (Å²) in [5.74, 6) is -0.580. The van der Waals surface area contributed by atoms with Crippen molar-refractivity contribution in [2.45, 2.75) is 40.5 Å². The topological polar surface area (TPSA) is 78.5 Å². The molecule has 0 fully saturated rings. The fourth-order valence-corrected chi connectivity index (χ4v) is 2.24. The van der Waals surface area contributed by atoms with Crippen LogP contribution >= 0.6 is 0 Å². The second kappa shape index (κ2) is 8.92. The van der Waals surface area contributed by atoms with Gasteiger partial charge in [0.05, 0.1) is 0 Å². The highest BCUT2D eigenvalue weighted by Gasteiger charge is 2.16. The van der Waals surface area contributed by atoms with Crippen molar-refractivity contribution >= 4 is 29.1 Å². The van der Waals surface area contributed by atoms with E-state index in [1.807, 2.05) is 6.92 Å². The fourth-order valence-electron chi connectivity index (χ4n) is 2.24. The smallest absolute Gasteiger partial charge is 0.253 e. The highest BCUT2D eigenvalue weighted by molar-refractivity contribution is 5.99. The van der Waals surface area contributed by atoms with E-state index in [1.54, 1.807) is 23.1 Å². The zero-order valence-corrected chi connectivity index (χ0v) is 14.2. The number of nitrogens with zero attached hydrogens (tertiary/aromatic N) is 1. The summed E-state index contributed by atoms with van der Waals surface area (Å²) in [6, 6.07) is 4.88. The lowest BCUT2D eigenvalue weighted by Gasteiger charge is -2.21. The van der Waals surface area contributed by atoms with Crippen molar-refractivity contribution < 1.29 is 14.4 Å². The summed E-state index contributed by atoms with van der Waals surface area (Å²) in [4.78, 5) is 36.9. The molecular weight excluding hydrogens is 294 g/mol. The first kappa shape index (κ1) is 18.7. The van der Waals surface area contributed by atoms with Gasteiger partial charge in [-0.2, -0.15) is 0 Å². The molecule has 0 aromatic heterocycles. The molecule has 0 heterocycles. The van der Waals surface area contributed by atoms with E-state index in [0.717, 1.165) is 12.8 Å². The van der Waals surface area contributed by atoms with Gasteiger partial charge in [0.25, 0.3) is 5.91 Å². The van der Waals surface area contributed by atoms with Gasteiger partial charge in [-0.25, -0.2) is 0 Å². The van der Waals surface area contributed by atoms with Crippen LogP contribution in [0.4, 0.5) is 11.4 Å². The van der Waals surface area contributed by atoms with Crippen molar-refractivity contribution in [3.63, 3.8) is 0 Å². The Kier molecular flexibility index (Phi) is 7.25. The molecule has 0 unspecified atom stereocenters. The van der Waals surface area contributed by atoms with Crippen LogP contribution in [0.5, 0.6) is 0 Å². The molecule has 2 N–H and O–H groups in total. The van der Waals surface area contributed by atoms with Gasteiger partial charge in [0.2, 0.25) is 11.8 Å². The minimum Gasteiger partial charge on any atom is -0.339 e. The van der Waals surface area contributed by atoms with Gasteiger partial charge in [0.15, 0.2) is 0 Å². The average Bonchev–Trinajstić information content (AvgIpc) is 2.46. The quantitative estimate of drug-likeness (QED) is 0.811. The molecule has 0 atom stereocenters. The van der Waals surface area contributed by atoms with Crippen LogP contribution in [0.1, 0.15) is 50.9 Å². The van der Waals surface area contributed by atoms with E-state index in [2.05, 4.69) is 17.6 Å². The second-order valence-electron chi connectivity index (χ2n) is 5.40. The molecule has 3 amide bonds. The Morgan fingerprint density at radius 2 is 1.48 bits per heavy atom. The van der Waals surface area contributed by atoms with E-state index >= 15 is 0 Å². The summed E-state index contributed by atoms with van der Waals surface area (Å²) in [5.41, 5.74) is 1.41. The lowest BCUT2D eigenvalue weighted by Crippen LogP contribution is -2.31. The zero-order chi connectivity index (χ0) is 17.4. The van der Waals surface area contributed by atoms with Crippen molar-refractivity contribution in [3.8, 4) is 0 Å². The van der Waals surface area contributed by atoms with Gasteiger partial charge >= 0.3 is 0 Å². The molecule has 23 heavy (non-hydrogen) atoms. The molecule has 0 radical (unpaired) electrons. The monoisotopic (exact) mass is 319 g/mol. The number of amides is 3. The minimum absolute atomic E-state index is 0.111. The molecule has 0 aliphatic carbocycles. The molecule has 1 aromatic carbocycles. The molecule has 0 spiro atoms. The summed E-state index contributed by atoms with van der Waals surface area (Å²) in [6.07, 6.45) is 1.94. The average molecular weight is 319 g/mol. The van der Waals surface area contributed by atoms with E-state index in [4.69, 9.17) is 0 Å². The van der Waals surface area contributed by atoms with Crippen molar-refractivity contribution in [1.29, 1.82) is 0 Å².